The van der Waals surface area contributed by atoms with Crippen molar-refractivity contribution in [3.8, 4) is 11.3 Å². The number of halogens is 1. The Hall–Kier alpha value is -3.58. The average Bonchev–Trinajstić information content (AvgIpc) is 3.45. The van der Waals surface area contributed by atoms with Gasteiger partial charge in [-0.25, -0.2) is 0 Å². The zero-order valence-electron chi connectivity index (χ0n) is 15.7. The van der Waals surface area contributed by atoms with E-state index in [2.05, 4.69) is 26.6 Å². The monoisotopic (exact) mass is 464 g/mol. The molecular formula is C23H17BrN2O4. The molecule has 2 N–H and O–H groups in total. The lowest BCUT2D eigenvalue weighted by atomic mass is 10.2. The molecule has 0 aliphatic carbocycles. The van der Waals surface area contributed by atoms with Gasteiger partial charge in [-0.15, -0.1) is 0 Å². The molecule has 0 aliphatic heterocycles. The van der Waals surface area contributed by atoms with Gasteiger partial charge >= 0.3 is 0 Å². The minimum atomic E-state index is -0.350. The lowest BCUT2D eigenvalue weighted by Gasteiger charge is -2.06. The van der Waals surface area contributed by atoms with Gasteiger partial charge in [-0.2, -0.15) is 0 Å². The van der Waals surface area contributed by atoms with Gasteiger partial charge < -0.3 is 19.5 Å². The van der Waals surface area contributed by atoms with Crippen molar-refractivity contribution in [2.24, 2.45) is 0 Å². The van der Waals surface area contributed by atoms with Crippen LogP contribution in [0.5, 0.6) is 0 Å². The van der Waals surface area contributed by atoms with Gasteiger partial charge in [0, 0.05) is 21.3 Å². The summed E-state index contributed by atoms with van der Waals surface area (Å²) in [7, 11) is 0. The first-order chi connectivity index (χ1) is 14.6. The van der Waals surface area contributed by atoms with Gasteiger partial charge in [0.2, 0.25) is 0 Å². The van der Waals surface area contributed by atoms with Crippen LogP contribution < -0.4 is 10.6 Å². The molecule has 2 heterocycles. The van der Waals surface area contributed by atoms with E-state index in [-0.39, 0.29) is 24.1 Å². The first-order valence-corrected chi connectivity index (χ1v) is 9.95. The summed E-state index contributed by atoms with van der Waals surface area (Å²) in [5.74, 6) is 1.03. The number of hydrogen-bond donors (Lipinski definition) is 2. The molecule has 4 rings (SSSR count). The smallest absolute Gasteiger partial charge is 0.291 e. The van der Waals surface area contributed by atoms with Gasteiger partial charge in [-0.1, -0.05) is 28.1 Å². The molecule has 0 aliphatic rings. The Kier molecular flexibility index (Phi) is 5.81. The number of carbonyl (C=O) groups is 2. The van der Waals surface area contributed by atoms with Crippen LogP contribution in [0, 0.1) is 0 Å². The maximum absolute atomic E-state index is 12.4. The average molecular weight is 465 g/mol. The second kappa shape index (κ2) is 8.84. The van der Waals surface area contributed by atoms with E-state index in [1.165, 1.54) is 6.26 Å². The lowest BCUT2D eigenvalue weighted by molar-refractivity contribution is 0.0947. The van der Waals surface area contributed by atoms with Crippen molar-refractivity contribution in [1.82, 2.24) is 5.32 Å². The molecule has 7 heteroatoms. The van der Waals surface area contributed by atoms with E-state index in [9.17, 15) is 9.59 Å². The zero-order chi connectivity index (χ0) is 20.9. The number of anilines is 1. The van der Waals surface area contributed by atoms with E-state index >= 15 is 0 Å². The van der Waals surface area contributed by atoms with Crippen LogP contribution in [0.15, 0.2) is 92.4 Å². The number of benzene rings is 2. The summed E-state index contributed by atoms with van der Waals surface area (Å²) in [5.41, 5.74) is 2.01. The summed E-state index contributed by atoms with van der Waals surface area (Å²) >= 11 is 3.41. The molecule has 0 saturated carbocycles. The number of carbonyl (C=O) groups excluding carboxylic acids is 2. The van der Waals surface area contributed by atoms with Crippen LogP contribution in [0.3, 0.4) is 0 Å². The van der Waals surface area contributed by atoms with Crippen molar-refractivity contribution in [3.63, 3.8) is 0 Å². The number of amides is 2. The van der Waals surface area contributed by atoms with E-state index < -0.39 is 0 Å². The quantitative estimate of drug-likeness (QED) is 0.395. The van der Waals surface area contributed by atoms with Crippen molar-refractivity contribution < 1.29 is 18.4 Å². The van der Waals surface area contributed by atoms with Gasteiger partial charge in [0.25, 0.3) is 11.8 Å². The zero-order valence-corrected chi connectivity index (χ0v) is 17.3. The number of rotatable bonds is 6. The molecular weight excluding hydrogens is 448 g/mol. The molecule has 4 aromatic rings. The molecule has 150 valence electrons. The molecule has 2 amide bonds. The summed E-state index contributed by atoms with van der Waals surface area (Å²) in [4.78, 5) is 24.4. The third-order valence-corrected chi connectivity index (χ3v) is 4.89. The molecule has 0 unspecified atom stereocenters. The predicted octanol–water partition coefficient (Wildman–Crippen LogP) is 5.48. The number of nitrogens with one attached hydrogen (secondary N) is 2. The van der Waals surface area contributed by atoms with Crippen molar-refractivity contribution >= 4 is 33.4 Å². The van der Waals surface area contributed by atoms with Crippen LogP contribution >= 0.6 is 15.9 Å². The van der Waals surface area contributed by atoms with Gasteiger partial charge in [-0.05, 0) is 60.7 Å². The first-order valence-electron chi connectivity index (χ1n) is 9.16. The molecule has 0 atom stereocenters. The van der Waals surface area contributed by atoms with Crippen molar-refractivity contribution in [3.05, 3.63) is 101 Å². The van der Waals surface area contributed by atoms with E-state index in [0.717, 1.165) is 15.8 Å². The summed E-state index contributed by atoms with van der Waals surface area (Å²) in [5, 5.41) is 5.54. The van der Waals surface area contributed by atoms with Crippen LogP contribution in [-0.4, -0.2) is 11.8 Å². The highest BCUT2D eigenvalue weighted by molar-refractivity contribution is 9.10. The fraction of sp³-hybridized carbons (Fsp3) is 0.0435. The van der Waals surface area contributed by atoms with Crippen molar-refractivity contribution in [2.75, 3.05) is 5.32 Å². The highest BCUT2D eigenvalue weighted by Crippen LogP contribution is 2.24. The van der Waals surface area contributed by atoms with Crippen molar-refractivity contribution in [2.45, 2.75) is 6.54 Å². The molecule has 30 heavy (non-hydrogen) atoms. The minimum absolute atomic E-state index is 0.220. The lowest BCUT2D eigenvalue weighted by Crippen LogP contribution is -2.22. The fourth-order valence-corrected chi connectivity index (χ4v) is 3.08. The summed E-state index contributed by atoms with van der Waals surface area (Å²) in [6.07, 6.45) is 1.43. The van der Waals surface area contributed by atoms with Crippen LogP contribution in [0.1, 0.15) is 26.7 Å². The molecule has 2 aromatic carbocycles. The highest BCUT2D eigenvalue weighted by Gasteiger charge is 2.11. The molecule has 2 aromatic heterocycles. The molecule has 0 fully saturated rings. The second-order valence-corrected chi connectivity index (χ2v) is 7.38. The molecule has 0 spiro atoms. The van der Waals surface area contributed by atoms with Gasteiger partial charge in [0.15, 0.2) is 5.76 Å². The normalized spacial score (nSPS) is 10.6. The number of hydrogen-bond acceptors (Lipinski definition) is 4. The summed E-state index contributed by atoms with van der Waals surface area (Å²) in [6, 6.07) is 21.3. The van der Waals surface area contributed by atoms with Gasteiger partial charge in [0.1, 0.15) is 11.5 Å². The van der Waals surface area contributed by atoms with Crippen LogP contribution in [0.4, 0.5) is 5.69 Å². The first kappa shape index (κ1) is 19.7. The Morgan fingerprint density at radius 2 is 1.63 bits per heavy atom. The standard InChI is InChI=1S/C23H17BrN2O4/c24-17-7-3-15(4-8-17)20-12-11-19(30-20)14-25-22(27)16-5-9-18(10-6-16)26-23(28)21-2-1-13-29-21/h1-13H,14H2,(H,25,27)(H,26,28). The molecule has 0 radical (unpaired) electrons. The topological polar surface area (TPSA) is 84.5 Å². The summed E-state index contributed by atoms with van der Waals surface area (Å²) < 4.78 is 11.9. The second-order valence-electron chi connectivity index (χ2n) is 6.46. The predicted molar refractivity (Wildman–Crippen MR) is 116 cm³/mol. The van der Waals surface area contributed by atoms with E-state index in [4.69, 9.17) is 8.83 Å². The Bertz CT molecular complexity index is 1150. The van der Waals surface area contributed by atoms with E-state index in [1.54, 1.807) is 36.4 Å². The Labute approximate surface area is 181 Å². The molecule has 0 saturated heterocycles. The Morgan fingerprint density at radius 3 is 2.33 bits per heavy atom. The van der Waals surface area contributed by atoms with E-state index in [0.29, 0.717) is 17.0 Å². The molecule has 0 bridgehead atoms. The van der Waals surface area contributed by atoms with Crippen molar-refractivity contribution in [1.29, 1.82) is 0 Å². The maximum Gasteiger partial charge on any atom is 0.291 e. The van der Waals surface area contributed by atoms with Crippen LogP contribution in [0.2, 0.25) is 0 Å². The third kappa shape index (κ3) is 4.69. The SMILES string of the molecule is O=C(NCc1ccc(-c2ccc(Br)cc2)o1)c1ccc(NC(=O)c2ccco2)cc1. The third-order valence-electron chi connectivity index (χ3n) is 4.36. The number of furan rings is 2. The Morgan fingerprint density at radius 1 is 0.867 bits per heavy atom. The van der Waals surface area contributed by atoms with Gasteiger partial charge in [0.05, 0.1) is 12.8 Å². The van der Waals surface area contributed by atoms with Gasteiger partial charge in [-0.3, -0.25) is 9.59 Å². The van der Waals surface area contributed by atoms with Crippen LogP contribution in [-0.2, 0) is 6.54 Å². The maximum atomic E-state index is 12.4. The minimum Gasteiger partial charge on any atom is -0.459 e. The fourth-order valence-electron chi connectivity index (χ4n) is 2.82. The highest BCUT2D eigenvalue weighted by atomic mass is 79.9. The largest absolute Gasteiger partial charge is 0.459 e. The molecule has 6 nitrogen and oxygen atoms in total. The Balaban J connectivity index is 1.33. The summed E-state index contributed by atoms with van der Waals surface area (Å²) in [6.45, 7) is 0.270. The van der Waals surface area contributed by atoms with Crippen LogP contribution in [0.25, 0.3) is 11.3 Å². The van der Waals surface area contributed by atoms with E-state index in [1.807, 2.05) is 36.4 Å².